The molecule has 0 amide bonds. The van der Waals surface area contributed by atoms with Gasteiger partial charge in [-0.05, 0) is 29.8 Å². The lowest BCUT2D eigenvalue weighted by molar-refractivity contribution is 0.560. The molecule has 86 valence electrons. The van der Waals surface area contributed by atoms with Gasteiger partial charge in [0.05, 0.1) is 28.7 Å². The van der Waals surface area contributed by atoms with Crippen LogP contribution in [0.25, 0.3) is 0 Å². The largest absolute Gasteiger partial charge is 0.463 e. The fraction of sp³-hybridized carbons (Fsp3) is 0. The molecule has 2 rings (SSSR count). The van der Waals surface area contributed by atoms with Crippen LogP contribution in [0.5, 0.6) is 0 Å². The van der Waals surface area contributed by atoms with Crippen LogP contribution in [0.15, 0.2) is 51.2 Å². The fourth-order valence-corrected chi connectivity index (χ4v) is 1.45. The van der Waals surface area contributed by atoms with Crippen LogP contribution >= 0.6 is 23.2 Å². The number of nitrogens with zero attached hydrogens (tertiary/aromatic N) is 2. The Bertz CT molecular complexity index is 548. The summed E-state index contributed by atoms with van der Waals surface area (Å²) < 4.78 is 5.06. The summed E-state index contributed by atoms with van der Waals surface area (Å²) in [4.78, 5) is 0. The zero-order valence-electron chi connectivity index (χ0n) is 8.68. The molecule has 0 saturated carbocycles. The molecule has 0 radical (unpaired) electrons. The van der Waals surface area contributed by atoms with E-state index in [1.165, 1.54) is 6.21 Å². The van der Waals surface area contributed by atoms with E-state index in [2.05, 4.69) is 10.2 Å². The predicted molar refractivity (Wildman–Crippen MR) is 70.4 cm³/mol. The number of hydrogen-bond acceptors (Lipinski definition) is 3. The molecule has 0 bridgehead atoms. The van der Waals surface area contributed by atoms with Crippen LogP contribution in [0.3, 0.4) is 0 Å². The van der Waals surface area contributed by atoms with Crippen molar-refractivity contribution in [2.75, 3.05) is 0 Å². The standard InChI is InChI=1S/C12H8Cl2N2O/c13-11-4-3-9(6-12(11)14)7-15-16-8-10-2-1-5-17-10/h1-8H/b15-7+,16-8-. The summed E-state index contributed by atoms with van der Waals surface area (Å²) in [7, 11) is 0. The topological polar surface area (TPSA) is 37.9 Å². The van der Waals surface area contributed by atoms with Crippen molar-refractivity contribution in [2.45, 2.75) is 0 Å². The van der Waals surface area contributed by atoms with Gasteiger partial charge in [0.25, 0.3) is 0 Å². The molecule has 1 aromatic carbocycles. The molecule has 5 heteroatoms. The third-order valence-electron chi connectivity index (χ3n) is 1.95. The Morgan fingerprint density at radius 1 is 1.00 bits per heavy atom. The lowest BCUT2D eigenvalue weighted by atomic mass is 10.2. The molecular formula is C12H8Cl2N2O. The Hall–Kier alpha value is -1.58. The second-order valence-electron chi connectivity index (χ2n) is 3.18. The molecule has 0 fully saturated rings. The maximum atomic E-state index is 5.86. The molecule has 1 heterocycles. The summed E-state index contributed by atoms with van der Waals surface area (Å²) in [5.41, 5.74) is 0.830. The molecule has 0 saturated heterocycles. The van der Waals surface area contributed by atoms with Gasteiger partial charge >= 0.3 is 0 Å². The molecule has 3 nitrogen and oxygen atoms in total. The number of benzene rings is 1. The highest BCUT2D eigenvalue weighted by molar-refractivity contribution is 6.42. The fourth-order valence-electron chi connectivity index (χ4n) is 1.15. The highest BCUT2D eigenvalue weighted by atomic mass is 35.5. The second-order valence-corrected chi connectivity index (χ2v) is 3.99. The quantitative estimate of drug-likeness (QED) is 0.610. The molecule has 2 aromatic rings. The maximum absolute atomic E-state index is 5.86. The number of hydrogen-bond donors (Lipinski definition) is 0. The lowest BCUT2D eigenvalue weighted by Gasteiger charge is -1.95. The Morgan fingerprint density at radius 3 is 2.53 bits per heavy atom. The summed E-state index contributed by atoms with van der Waals surface area (Å²) in [5.74, 6) is 0.649. The minimum Gasteiger partial charge on any atom is -0.463 e. The third-order valence-corrected chi connectivity index (χ3v) is 2.68. The first-order valence-electron chi connectivity index (χ1n) is 4.80. The van der Waals surface area contributed by atoms with Gasteiger partial charge in [-0.3, -0.25) is 0 Å². The number of halogens is 2. The highest BCUT2D eigenvalue weighted by Crippen LogP contribution is 2.21. The van der Waals surface area contributed by atoms with Crippen LogP contribution in [-0.4, -0.2) is 12.4 Å². The van der Waals surface area contributed by atoms with Gasteiger partial charge in [-0.2, -0.15) is 10.2 Å². The van der Waals surface area contributed by atoms with E-state index in [0.29, 0.717) is 15.8 Å². The van der Waals surface area contributed by atoms with Crippen molar-refractivity contribution < 1.29 is 4.42 Å². The van der Waals surface area contributed by atoms with Crippen molar-refractivity contribution in [1.82, 2.24) is 0 Å². The van der Waals surface area contributed by atoms with E-state index in [9.17, 15) is 0 Å². The second kappa shape index (κ2) is 5.66. The molecule has 0 aliphatic carbocycles. The Balaban J connectivity index is 2.03. The molecule has 0 spiro atoms. The van der Waals surface area contributed by atoms with Crippen molar-refractivity contribution in [2.24, 2.45) is 10.2 Å². The van der Waals surface area contributed by atoms with Crippen LogP contribution in [0.2, 0.25) is 10.0 Å². The summed E-state index contributed by atoms with van der Waals surface area (Å²) in [6, 6.07) is 8.81. The van der Waals surface area contributed by atoms with Gasteiger partial charge in [-0.25, -0.2) is 0 Å². The maximum Gasteiger partial charge on any atom is 0.146 e. The van der Waals surface area contributed by atoms with E-state index in [4.69, 9.17) is 27.6 Å². The van der Waals surface area contributed by atoms with Gasteiger partial charge in [0.1, 0.15) is 5.76 Å². The molecular weight excluding hydrogens is 259 g/mol. The molecule has 0 aliphatic heterocycles. The van der Waals surface area contributed by atoms with Gasteiger partial charge in [-0.1, -0.05) is 29.3 Å². The summed E-state index contributed by atoms with van der Waals surface area (Å²) in [6.45, 7) is 0. The molecule has 0 atom stereocenters. The molecule has 1 aromatic heterocycles. The van der Waals surface area contributed by atoms with E-state index in [1.54, 1.807) is 42.8 Å². The molecule has 17 heavy (non-hydrogen) atoms. The van der Waals surface area contributed by atoms with Gasteiger partial charge in [-0.15, -0.1) is 0 Å². The average Bonchev–Trinajstić information content (AvgIpc) is 2.82. The van der Waals surface area contributed by atoms with Gasteiger partial charge < -0.3 is 4.42 Å². The average molecular weight is 267 g/mol. The highest BCUT2D eigenvalue weighted by Gasteiger charge is 1.96. The number of furan rings is 1. The summed E-state index contributed by atoms with van der Waals surface area (Å²) >= 11 is 11.7. The summed E-state index contributed by atoms with van der Waals surface area (Å²) in [6.07, 6.45) is 4.68. The minimum absolute atomic E-state index is 0.491. The SMILES string of the molecule is Clc1ccc(/C=N/N=C\c2ccco2)cc1Cl. The van der Waals surface area contributed by atoms with E-state index >= 15 is 0 Å². The van der Waals surface area contributed by atoms with Crippen LogP contribution < -0.4 is 0 Å². The van der Waals surface area contributed by atoms with Crippen LogP contribution in [0.4, 0.5) is 0 Å². The van der Waals surface area contributed by atoms with E-state index < -0.39 is 0 Å². The monoisotopic (exact) mass is 266 g/mol. The Kier molecular flexibility index (Phi) is 3.96. The first-order valence-corrected chi connectivity index (χ1v) is 5.56. The van der Waals surface area contributed by atoms with Crippen molar-refractivity contribution in [1.29, 1.82) is 0 Å². The lowest BCUT2D eigenvalue weighted by Crippen LogP contribution is -1.80. The van der Waals surface area contributed by atoms with Crippen molar-refractivity contribution in [3.8, 4) is 0 Å². The predicted octanol–water partition coefficient (Wildman–Crippen LogP) is 4.04. The zero-order chi connectivity index (χ0) is 12.1. The zero-order valence-corrected chi connectivity index (χ0v) is 10.2. The van der Waals surface area contributed by atoms with Gasteiger partial charge in [0.2, 0.25) is 0 Å². The molecule has 0 N–H and O–H groups in total. The van der Waals surface area contributed by atoms with E-state index in [0.717, 1.165) is 5.56 Å². The van der Waals surface area contributed by atoms with Gasteiger partial charge in [0, 0.05) is 0 Å². The van der Waals surface area contributed by atoms with Crippen LogP contribution in [-0.2, 0) is 0 Å². The van der Waals surface area contributed by atoms with Crippen molar-refractivity contribution in [3.05, 3.63) is 58.0 Å². The Morgan fingerprint density at radius 2 is 1.82 bits per heavy atom. The first kappa shape index (κ1) is 11.9. The summed E-state index contributed by atoms with van der Waals surface area (Å²) in [5, 5.41) is 8.71. The van der Waals surface area contributed by atoms with Crippen LogP contribution in [0.1, 0.15) is 11.3 Å². The molecule has 0 unspecified atom stereocenters. The minimum atomic E-state index is 0.491. The molecule has 0 aliphatic rings. The normalized spacial score (nSPS) is 11.6. The first-order chi connectivity index (χ1) is 8.25. The van der Waals surface area contributed by atoms with Crippen molar-refractivity contribution >= 4 is 35.6 Å². The van der Waals surface area contributed by atoms with Crippen molar-refractivity contribution in [3.63, 3.8) is 0 Å². The smallest absolute Gasteiger partial charge is 0.146 e. The Labute approximate surface area is 108 Å². The van der Waals surface area contributed by atoms with E-state index in [-0.39, 0.29) is 0 Å². The third kappa shape index (κ3) is 3.44. The van der Waals surface area contributed by atoms with Crippen LogP contribution in [0, 0.1) is 0 Å². The van der Waals surface area contributed by atoms with E-state index in [1.807, 2.05) is 0 Å². The van der Waals surface area contributed by atoms with Gasteiger partial charge in [0.15, 0.2) is 0 Å². The number of rotatable bonds is 3.